The number of halogens is 1. The van der Waals surface area contributed by atoms with Crippen molar-refractivity contribution >= 4 is 39.3 Å². The molecule has 0 saturated heterocycles. The lowest BCUT2D eigenvalue weighted by Crippen LogP contribution is -2.14. The van der Waals surface area contributed by atoms with Gasteiger partial charge in [0, 0.05) is 15.9 Å². The van der Waals surface area contributed by atoms with Crippen molar-refractivity contribution in [1.82, 2.24) is 9.97 Å². The largest absolute Gasteiger partial charge is 0.321 e. The highest BCUT2D eigenvalue weighted by Gasteiger charge is 2.11. The van der Waals surface area contributed by atoms with Gasteiger partial charge in [0.15, 0.2) is 5.16 Å². The van der Waals surface area contributed by atoms with Gasteiger partial charge in [0.25, 0.3) is 5.91 Å². The van der Waals surface area contributed by atoms with Gasteiger partial charge in [-0.1, -0.05) is 34.6 Å². The third kappa shape index (κ3) is 4.05. The van der Waals surface area contributed by atoms with Crippen LogP contribution in [0.1, 0.15) is 23.1 Å². The molecule has 1 aromatic carbocycles. The van der Waals surface area contributed by atoms with Gasteiger partial charge < -0.3 is 5.32 Å². The van der Waals surface area contributed by atoms with Gasteiger partial charge in [-0.05, 0) is 43.0 Å². The molecule has 0 unspecified atom stereocenters. The van der Waals surface area contributed by atoms with E-state index in [1.54, 1.807) is 6.07 Å². The lowest BCUT2D eigenvalue weighted by atomic mass is 10.3. The Balaban J connectivity index is 2.18. The van der Waals surface area contributed by atoms with Crippen molar-refractivity contribution in [3.8, 4) is 0 Å². The highest BCUT2D eigenvalue weighted by molar-refractivity contribution is 9.10. The Bertz CT molecular complexity index is 616. The molecule has 2 rings (SSSR count). The maximum atomic E-state index is 12.2. The molecule has 2 aromatic rings. The molecule has 1 amide bonds. The van der Waals surface area contributed by atoms with E-state index < -0.39 is 0 Å². The van der Waals surface area contributed by atoms with Crippen molar-refractivity contribution in [2.45, 2.75) is 19.0 Å². The topological polar surface area (TPSA) is 54.9 Å². The lowest BCUT2D eigenvalue weighted by molar-refractivity contribution is 0.102. The van der Waals surface area contributed by atoms with Crippen LogP contribution >= 0.6 is 27.7 Å². The van der Waals surface area contributed by atoms with Crippen LogP contribution in [0.15, 0.2) is 40.0 Å². The van der Waals surface area contributed by atoms with Crippen LogP contribution in [0.25, 0.3) is 0 Å². The van der Waals surface area contributed by atoms with E-state index >= 15 is 0 Å². The lowest BCUT2D eigenvalue weighted by Gasteiger charge is -2.07. The minimum absolute atomic E-state index is 0.226. The van der Waals surface area contributed by atoms with Crippen LogP contribution in [-0.4, -0.2) is 21.6 Å². The average molecular weight is 352 g/mol. The number of rotatable bonds is 4. The summed E-state index contributed by atoms with van der Waals surface area (Å²) in [5, 5.41) is 3.46. The summed E-state index contributed by atoms with van der Waals surface area (Å²) in [6.45, 7) is 3.88. The van der Waals surface area contributed by atoms with Gasteiger partial charge >= 0.3 is 0 Å². The summed E-state index contributed by atoms with van der Waals surface area (Å²) in [5.74, 6) is 0.646. The molecule has 6 heteroatoms. The fourth-order valence-corrected chi connectivity index (χ4v) is 2.47. The molecular weight excluding hydrogens is 338 g/mol. The predicted octanol–water partition coefficient (Wildman–Crippen LogP) is 3.91. The molecule has 0 fully saturated rings. The van der Waals surface area contributed by atoms with Crippen LogP contribution in [-0.2, 0) is 0 Å². The Hall–Kier alpha value is -1.40. The number of amides is 1. The molecule has 104 valence electrons. The smallest absolute Gasteiger partial charge is 0.274 e. The molecule has 1 N–H and O–H groups in total. The first-order chi connectivity index (χ1) is 9.58. The maximum absolute atomic E-state index is 12.2. The molecule has 0 radical (unpaired) electrons. The second kappa shape index (κ2) is 6.85. The minimum atomic E-state index is -0.226. The quantitative estimate of drug-likeness (QED) is 0.670. The Labute approximate surface area is 130 Å². The SMILES string of the molecule is CCSc1nc(C)cc(C(=O)Nc2ccc(Br)cc2)n1. The van der Waals surface area contributed by atoms with Crippen molar-refractivity contribution in [2.75, 3.05) is 11.1 Å². The maximum Gasteiger partial charge on any atom is 0.274 e. The van der Waals surface area contributed by atoms with E-state index in [1.165, 1.54) is 11.8 Å². The molecule has 0 aliphatic carbocycles. The Morgan fingerprint density at radius 1 is 1.30 bits per heavy atom. The van der Waals surface area contributed by atoms with Gasteiger partial charge in [0.2, 0.25) is 0 Å². The molecule has 0 spiro atoms. The second-order valence-corrected chi connectivity index (χ2v) is 6.22. The summed E-state index contributed by atoms with van der Waals surface area (Å²) in [5.41, 5.74) is 1.91. The summed E-state index contributed by atoms with van der Waals surface area (Å²) in [4.78, 5) is 20.7. The fourth-order valence-electron chi connectivity index (χ4n) is 1.58. The second-order valence-electron chi connectivity index (χ2n) is 4.07. The molecule has 20 heavy (non-hydrogen) atoms. The number of carbonyl (C=O) groups excluding carboxylic acids is 1. The van der Waals surface area contributed by atoms with Crippen molar-refractivity contribution in [3.63, 3.8) is 0 Å². The number of thioether (sulfide) groups is 1. The van der Waals surface area contributed by atoms with Crippen LogP contribution in [0.3, 0.4) is 0 Å². The third-order valence-electron chi connectivity index (χ3n) is 2.44. The zero-order valence-corrected chi connectivity index (χ0v) is 13.6. The Morgan fingerprint density at radius 3 is 2.65 bits per heavy atom. The van der Waals surface area contributed by atoms with Crippen LogP contribution in [0.2, 0.25) is 0 Å². The van der Waals surface area contributed by atoms with Crippen molar-refractivity contribution < 1.29 is 4.79 Å². The molecule has 1 heterocycles. The number of hydrogen-bond donors (Lipinski definition) is 1. The number of nitrogens with zero attached hydrogens (tertiary/aromatic N) is 2. The number of carbonyl (C=O) groups is 1. The van der Waals surface area contributed by atoms with Crippen molar-refractivity contribution in [1.29, 1.82) is 0 Å². The minimum Gasteiger partial charge on any atom is -0.321 e. The van der Waals surface area contributed by atoms with Crippen LogP contribution in [0.5, 0.6) is 0 Å². The molecular formula is C14H14BrN3OS. The van der Waals surface area contributed by atoms with Gasteiger partial charge in [-0.3, -0.25) is 4.79 Å². The summed E-state index contributed by atoms with van der Waals surface area (Å²) >= 11 is 4.88. The first kappa shape index (κ1) is 15.0. The van der Waals surface area contributed by atoms with Gasteiger partial charge in [-0.2, -0.15) is 0 Å². The number of benzene rings is 1. The number of aromatic nitrogens is 2. The first-order valence-electron chi connectivity index (χ1n) is 6.14. The Kier molecular flexibility index (Phi) is 5.14. The van der Waals surface area contributed by atoms with Gasteiger partial charge in [-0.15, -0.1) is 0 Å². The zero-order valence-electron chi connectivity index (χ0n) is 11.2. The van der Waals surface area contributed by atoms with E-state index in [-0.39, 0.29) is 5.91 Å². The van der Waals surface area contributed by atoms with E-state index in [2.05, 4.69) is 31.2 Å². The van der Waals surface area contributed by atoms with E-state index in [4.69, 9.17) is 0 Å². The van der Waals surface area contributed by atoms with Crippen LogP contribution in [0, 0.1) is 6.92 Å². The fraction of sp³-hybridized carbons (Fsp3) is 0.214. The Morgan fingerprint density at radius 2 is 2.00 bits per heavy atom. The predicted molar refractivity (Wildman–Crippen MR) is 85.3 cm³/mol. The van der Waals surface area contributed by atoms with Gasteiger partial charge in [0.1, 0.15) is 5.69 Å². The molecule has 1 aromatic heterocycles. The summed E-state index contributed by atoms with van der Waals surface area (Å²) in [6.07, 6.45) is 0. The van der Waals surface area contributed by atoms with E-state index in [0.717, 1.165) is 21.6 Å². The van der Waals surface area contributed by atoms with Crippen LogP contribution < -0.4 is 5.32 Å². The highest BCUT2D eigenvalue weighted by Crippen LogP contribution is 2.16. The van der Waals surface area contributed by atoms with Crippen molar-refractivity contribution in [2.24, 2.45) is 0 Å². The molecule has 4 nitrogen and oxygen atoms in total. The first-order valence-corrected chi connectivity index (χ1v) is 7.91. The normalized spacial score (nSPS) is 10.3. The average Bonchev–Trinajstić information content (AvgIpc) is 2.41. The number of aryl methyl sites for hydroxylation is 1. The van der Waals surface area contributed by atoms with Gasteiger partial charge in [-0.25, -0.2) is 9.97 Å². The van der Waals surface area contributed by atoms with E-state index in [9.17, 15) is 4.79 Å². The van der Waals surface area contributed by atoms with Gasteiger partial charge in [0.05, 0.1) is 0 Å². The summed E-state index contributed by atoms with van der Waals surface area (Å²) in [7, 11) is 0. The van der Waals surface area contributed by atoms with E-state index in [0.29, 0.717) is 10.9 Å². The van der Waals surface area contributed by atoms with Crippen molar-refractivity contribution in [3.05, 3.63) is 46.2 Å². The highest BCUT2D eigenvalue weighted by atomic mass is 79.9. The third-order valence-corrected chi connectivity index (χ3v) is 3.70. The standard InChI is InChI=1S/C14H14BrN3OS/c1-3-20-14-16-9(2)8-12(18-14)13(19)17-11-6-4-10(15)5-7-11/h4-8H,3H2,1-2H3,(H,17,19). The van der Waals surface area contributed by atoms with E-state index in [1.807, 2.05) is 38.1 Å². The molecule has 0 bridgehead atoms. The summed E-state index contributed by atoms with van der Waals surface area (Å²) in [6, 6.07) is 9.10. The molecule has 0 atom stereocenters. The number of nitrogens with one attached hydrogen (secondary N) is 1. The van der Waals surface area contributed by atoms with Crippen LogP contribution in [0.4, 0.5) is 5.69 Å². The number of anilines is 1. The zero-order chi connectivity index (χ0) is 14.5. The monoisotopic (exact) mass is 351 g/mol. The summed E-state index contributed by atoms with van der Waals surface area (Å²) < 4.78 is 0.968. The molecule has 0 aliphatic heterocycles. The molecule has 0 saturated carbocycles. The molecule has 0 aliphatic rings. The number of hydrogen-bond acceptors (Lipinski definition) is 4.